The largest absolute Gasteiger partial charge is 0.339 e. The van der Waals surface area contributed by atoms with Gasteiger partial charge in [0.25, 0.3) is 0 Å². The topological polar surface area (TPSA) is 31.9 Å². The number of nitrogens with zero attached hydrogens (tertiary/aromatic N) is 2. The van der Waals surface area contributed by atoms with Gasteiger partial charge in [0.2, 0.25) is 0 Å². The number of aromatic nitrogens is 2. The molecule has 1 N–H and O–H groups in total. The maximum Gasteiger partial charge on any atom is 0.138 e. The molecule has 0 unspecified atom stereocenters. The van der Waals surface area contributed by atoms with E-state index in [1.165, 1.54) is 6.42 Å². The van der Waals surface area contributed by atoms with Crippen LogP contribution < -0.4 is 0 Å². The average molecular weight is 283 g/mol. The zero-order valence-electron chi connectivity index (χ0n) is 12.1. The van der Waals surface area contributed by atoms with E-state index in [0.29, 0.717) is 6.04 Å². The van der Waals surface area contributed by atoms with Gasteiger partial charge in [-0.15, -0.1) is 0 Å². The van der Waals surface area contributed by atoms with E-state index >= 15 is 0 Å². The lowest BCUT2D eigenvalue weighted by molar-refractivity contribution is 0.313. The minimum Gasteiger partial charge on any atom is -0.339 e. The van der Waals surface area contributed by atoms with Gasteiger partial charge in [-0.3, -0.25) is 4.90 Å². The molecule has 0 amide bonds. The zero-order chi connectivity index (χ0) is 14.4. The van der Waals surface area contributed by atoms with Crippen LogP contribution >= 0.6 is 0 Å². The first-order chi connectivity index (χ1) is 10.3. The summed E-state index contributed by atoms with van der Waals surface area (Å²) < 4.78 is 13.8. The molecule has 1 aliphatic heterocycles. The lowest BCUT2D eigenvalue weighted by Crippen LogP contribution is -2.19. The summed E-state index contributed by atoms with van der Waals surface area (Å²) in [5, 5.41) is 2.01. The highest BCUT2D eigenvalue weighted by Crippen LogP contribution is 2.37. The Labute approximate surface area is 122 Å². The molecule has 1 aromatic carbocycles. The summed E-state index contributed by atoms with van der Waals surface area (Å²) in [6.45, 7) is 0.628. The van der Waals surface area contributed by atoms with E-state index in [1.54, 1.807) is 0 Å². The monoisotopic (exact) mass is 283 g/mol. The molecule has 4 heteroatoms. The van der Waals surface area contributed by atoms with Crippen molar-refractivity contribution >= 4 is 21.9 Å². The standard InChI is InChI=1S/C17H18FN3/c1-21-8-4-7-15(21)13-10-19-17-16(12(13)9-18)11-5-2-3-6-14(11)20-17/h2-3,5-6,10,15H,4,7-9H2,1H3,(H,19,20)/t15-/m0/s1. The van der Waals surface area contributed by atoms with Crippen LogP contribution in [0.15, 0.2) is 30.5 Å². The summed E-state index contributed by atoms with van der Waals surface area (Å²) in [5.74, 6) is 0. The van der Waals surface area contributed by atoms with Gasteiger partial charge in [0, 0.05) is 34.1 Å². The number of halogens is 1. The fourth-order valence-electron chi connectivity index (χ4n) is 3.62. The predicted octanol–water partition coefficient (Wildman–Crippen LogP) is 3.95. The average Bonchev–Trinajstić information content (AvgIpc) is 3.09. The Bertz CT molecular complexity index is 808. The van der Waals surface area contributed by atoms with Gasteiger partial charge in [-0.2, -0.15) is 0 Å². The van der Waals surface area contributed by atoms with Crippen LogP contribution in [0.25, 0.3) is 21.9 Å². The Hall–Kier alpha value is -1.94. The molecule has 1 fully saturated rings. The van der Waals surface area contributed by atoms with Crippen LogP contribution in [0.3, 0.4) is 0 Å². The first kappa shape index (κ1) is 12.8. The predicted molar refractivity (Wildman–Crippen MR) is 83.0 cm³/mol. The number of H-pyrrole nitrogens is 1. The molecule has 0 spiro atoms. The number of benzene rings is 1. The van der Waals surface area contributed by atoms with Crippen LogP contribution in [-0.2, 0) is 6.67 Å². The highest BCUT2D eigenvalue weighted by molar-refractivity contribution is 6.07. The van der Waals surface area contributed by atoms with Crippen molar-refractivity contribution in [3.05, 3.63) is 41.6 Å². The Morgan fingerprint density at radius 3 is 3.00 bits per heavy atom. The second kappa shape index (κ2) is 4.81. The maximum atomic E-state index is 13.8. The summed E-state index contributed by atoms with van der Waals surface area (Å²) in [7, 11) is 2.11. The molecule has 2 aromatic heterocycles. The number of hydrogen-bond donors (Lipinski definition) is 1. The van der Waals surface area contributed by atoms with E-state index < -0.39 is 6.67 Å². The van der Waals surface area contributed by atoms with Crippen LogP contribution in [-0.4, -0.2) is 28.5 Å². The van der Waals surface area contributed by atoms with Gasteiger partial charge in [0.05, 0.1) is 0 Å². The molecule has 1 atom stereocenters. The number of nitrogens with one attached hydrogen (secondary N) is 1. The van der Waals surface area contributed by atoms with E-state index in [1.807, 2.05) is 30.5 Å². The van der Waals surface area contributed by atoms with Crippen molar-refractivity contribution in [1.82, 2.24) is 14.9 Å². The van der Waals surface area contributed by atoms with Crippen LogP contribution in [0.2, 0.25) is 0 Å². The van der Waals surface area contributed by atoms with Crippen LogP contribution in [0, 0.1) is 0 Å². The van der Waals surface area contributed by atoms with Crippen molar-refractivity contribution in [3.63, 3.8) is 0 Å². The van der Waals surface area contributed by atoms with Gasteiger partial charge in [-0.25, -0.2) is 9.37 Å². The van der Waals surface area contributed by atoms with Gasteiger partial charge in [-0.05, 0) is 38.1 Å². The first-order valence-electron chi connectivity index (χ1n) is 7.44. The fourth-order valence-corrected chi connectivity index (χ4v) is 3.62. The van der Waals surface area contributed by atoms with Gasteiger partial charge >= 0.3 is 0 Å². The highest BCUT2D eigenvalue weighted by Gasteiger charge is 2.26. The number of alkyl halides is 1. The number of hydrogen-bond acceptors (Lipinski definition) is 2. The van der Waals surface area contributed by atoms with Gasteiger partial charge in [-0.1, -0.05) is 18.2 Å². The molecule has 0 radical (unpaired) electrons. The Morgan fingerprint density at radius 2 is 2.24 bits per heavy atom. The van der Waals surface area contributed by atoms with Crippen LogP contribution in [0.4, 0.5) is 4.39 Å². The minimum absolute atomic E-state index is 0.293. The molecule has 4 rings (SSSR count). The Balaban J connectivity index is 2.02. The first-order valence-corrected chi connectivity index (χ1v) is 7.44. The van der Waals surface area contributed by atoms with E-state index in [-0.39, 0.29) is 0 Å². The lowest BCUT2D eigenvalue weighted by Gasteiger charge is -2.22. The van der Waals surface area contributed by atoms with Gasteiger partial charge in [0.1, 0.15) is 12.3 Å². The molecule has 108 valence electrons. The normalized spacial score (nSPS) is 19.8. The van der Waals surface area contributed by atoms with E-state index in [0.717, 1.165) is 46.0 Å². The molecule has 21 heavy (non-hydrogen) atoms. The second-order valence-electron chi connectivity index (χ2n) is 5.86. The number of fused-ring (bicyclic) bond motifs is 3. The van der Waals surface area contributed by atoms with Crippen LogP contribution in [0.1, 0.15) is 30.0 Å². The lowest BCUT2D eigenvalue weighted by atomic mass is 9.98. The third kappa shape index (κ3) is 1.86. The van der Waals surface area contributed by atoms with E-state index in [4.69, 9.17) is 0 Å². The van der Waals surface area contributed by atoms with Crippen molar-refractivity contribution in [2.24, 2.45) is 0 Å². The quantitative estimate of drug-likeness (QED) is 0.772. The van der Waals surface area contributed by atoms with Crippen molar-refractivity contribution in [1.29, 1.82) is 0 Å². The summed E-state index contributed by atoms with van der Waals surface area (Å²) in [6, 6.07) is 8.32. The Morgan fingerprint density at radius 1 is 1.38 bits per heavy atom. The number of likely N-dealkylation sites (tertiary alicyclic amines) is 1. The summed E-state index contributed by atoms with van der Waals surface area (Å²) >= 11 is 0. The fraction of sp³-hybridized carbons (Fsp3) is 0.353. The number of rotatable bonds is 2. The summed E-state index contributed by atoms with van der Waals surface area (Å²) in [6.07, 6.45) is 4.11. The Kier molecular flexibility index (Phi) is 2.93. The van der Waals surface area contributed by atoms with E-state index in [9.17, 15) is 4.39 Å². The molecule has 3 aromatic rings. The smallest absolute Gasteiger partial charge is 0.138 e. The number of pyridine rings is 1. The zero-order valence-corrected chi connectivity index (χ0v) is 12.1. The maximum absolute atomic E-state index is 13.8. The molecule has 0 bridgehead atoms. The van der Waals surface area contributed by atoms with Crippen molar-refractivity contribution in [2.75, 3.05) is 13.6 Å². The van der Waals surface area contributed by atoms with Crippen molar-refractivity contribution in [3.8, 4) is 0 Å². The summed E-state index contributed by atoms with van der Waals surface area (Å²) in [5.41, 5.74) is 3.66. The SMILES string of the molecule is CN1CCC[C@H]1c1cnc2[nH]c3ccccc3c2c1CF. The van der Waals surface area contributed by atoms with Gasteiger partial charge < -0.3 is 4.98 Å². The number of para-hydroxylation sites is 1. The van der Waals surface area contributed by atoms with E-state index in [2.05, 4.69) is 21.9 Å². The molecule has 0 aliphatic carbocycles. The molecule has 3 heterocycles. The third-order valence-electron chi connectivity index (χ3n) is 4.68. The van der Waals surface area contributed by atoms with Crippen molar-refractivity contribution < 1.29 is 4.39 Å². The van der Waals surface area contributed by atoms with Crippen molar-refractivity contribution in [2.45, 2.75) is 25.6 Å². The molecule has 1 aliphatic rings. The molecule has 0 saturated carbocycles. The second-order valence-corrected chi connectivity index (χ2v) is 5.86. The molecule has 1 saturated heterocycles. The molecular weight excluding hydrogens is 265 g/mol. The molecular formula is C17H18FN3. The third-order valence-corrected chi connectivity index (χ3v) is 4.68. The highest BCUT2D eigenvalue weighted by atomic mass is 19.1. The van der Waals surface area contributed by atoms with Crippen LogP contribution in [0.5, 0.6) is 0 Å². The molecule has 3 nitrogen and oxygen atoms in total. The summed E-state index contributed by atoms with van der Waals surface area (Å²) in [4.78, 5) is 10.1. The van der Waals surface area contributed by atoms with Gasteiger partial charge in [0.15, 0.2) is 0 Å². The minimum atomic E-state index is -0.444. The number of aromatic amines is 1.